The molecule has 0 fully saturated rings. The van der Waals surface area contributed by atoms with Gasteiger partial charge in [-0.25, -0.2) is 4.79 Å². The SMILES string of the molecule is O=C(O)C=CCCCCC(=O)Oc1ccccc1. The van der Waals surface area contributed by atoms with Gasteiger partial charge in [0.05, 0.1) is 0 Å². The van der Waals surface area contributed by atoms with Crippen LogP contribution in [0.3, 0.4) is 0 Å². The maximum atomic E-state index is 11.4. The molecule has 0 bridgehead atoms. The first-order valence-corrected chi connectivity index (χ1v) is 5.83. The van der Waals surface area contributed by atoms with Crippen molar-refractivity contribution in [2.24, 2.45) is 0 Å². The predicted molar refractivity (Wildman–Crippen MR) is 67.3 cm³/mol. The van der Waals surface area contributed by atoms with E-state index in [-0.39, 0.29) is 5.97 Å². The monoisotopic (exact) mass is 248 g/mol. The molecule has 0 unspecified atom stereocenters. The number of aliphatic carboxylic acids is 1. The number of hydrogen-bond acceptors (Lipinski definition) is 3. The van der Waals surface area contributed by atoms with Gasteiger partial charge < -0.3 is 9.84 Å². The van der Waals surface area contributed by atoms with Gasteiger partial charge in [0, 0.05) is 12.5 Å². The van der Waals surface area contributed by atoms with E-state index in [1.807, 2.05) is 6.07 Å². The van der Waals surface area contributed by atoms with E-state index >= 15 is 0 Å². The summed E-state index contributed by atoms with van der Waals surface area (Å²) in [5.74, 6) is -0.657. The maximum Gasteiger partial charge on any atom is 0.327 e. The Hall–Kier alpha value is -2.10. The van der Waals surface area contributed by atoms with E-state index in [4.69, 9.17) is 9.84 Å². The van der Waals surface area contributed by atoms with Crippen LogP contribution in [0, 0.1) is 0 Å². The molecule has 1 N–H and O–H groups in total. The molecule has 0 amide bonds. The fourth-order valence-corrected chi connectivity index (χ4v) is 1.39. The Morgan fingerprint density at radius 3 is 2.56 bits per heavy atom. The third-order valence-corrected chi connectivity index (χ3v) is 2.24. The molecular formula is C14H16O4. The van der Waals surface area contributed by atoms with Gasteiger partial charge in [0.2, 0.25) is 0 Å². The minimum atomic E-state index is -0.946. The molecule has 1 rings (SSSR count). The Morgan fingerprint density at radius 2 is 1.89 bits per heavy atom. The van der Waals surface area contributed by atoms with Crippen molar-refractivity contribution < 1.29 is 19.4 Å². The van der Waals surface area contributed by atoms with Crippen LogP contribution in [0.15, 0.2) is 42.5 Å². The van der Waals surface area contributed by atoms with Gasteiger partial charge in [-0.2, -0.15) is 0 Å². The van der Waals surface area contributed by atoms with Crippen LogP contribution < -0.4 is 4.74 Å². The molecule has 0 heterocycles. The summed E-state index contributed by atoms with van der Waals surface area (Å²) >= 11 is 0. The molecule has 96 valence electrons. The molecule has 0 saturated carbocycles. The topological polar surface area (TPSA) is 63.6 Å². The van der Waals surface area contributed by atoms with Crippen molar-refractivity contribution in [3.63, 3.8) is 0 Å². The van der Waals surface area contributed by atoms with Gasteiger partial charge in [-0.05, 0) is 31.4 Å². The van der Waals surface area contributed by atoms with E-state index in [0.717, 1.165) is 12.5 Å². The first kappa shape index (κ1) is 14.0. The van der Waals surface area contributed by atoms with E-state index in [1.165, 1.54) is 0 Å². The van der Waals surface area contributed by atoms with Crippen molar-refractivity contribution in [3.05, 3.63) is 42.5 Å². The standard InChI is InChI=1S/C14H16O4/c15-13(16)10-6-1-2-7-11-14(17)18-12-8-4-3-5-9-12/h3-6,8-10H,1-2,7,11H2,(H,15,16). The maximum absolute atomic E-state index is 11.4. The van der Waals surface area contributed by atoms with E-state index < -0.39 is 5.97 Å². The van der Waals surface area contributed by atoms with Crippen LogP contribution in [0.5, 0.6) is 5.75 Å². The lowest BCUT2D eigenvalue weighted by Crippen LogP contribution is -2.07. The minimum Gasteiger partial charge on any atom is -0.478 e. The molecular weight excluding hydrogens is 232 g/mol. The average molecular weight is 248 g/mol. The summed E-state index contributed by atoms with van der Waals surface area (Å²) < 4.78 is 5.11. The first-order chi connectivity index (χ1) is 8.68. The average Bonchev–Trinajstić information content (AvgIpc) is 2.34. The second kappa shape index (κ2) is 8.06. The van der Waals surface area contributed by atoms with E-state index in [0.29, 0.717) is 25.0 Å². The molecule has 4 nitrogen and oxygen atoms in total. The van der Waals surface area contributed by atoms with Crippen LogP contribution in [0.4, 0.5) is 0 Å². The van der Waals surface area contributed by atoms with Gasteiger partial charge in [0.1, 0.15) is 5.75 Å². The van der Waals surface area contributed by atoms with Crippen molar-refractivity contribution in [2.75, 3.05) is 0 Å². The summed E-state index contributed by atoms with van der Waals surface area (Å²) in [7, 11) is 0. The first-order valence-electron chi connectivity index (χ1n) is 5.83. The molecule has 0 atom stereocenters. The van der Waals surface area contributed by atoms with Gasteiger partial charge >= 0.3 is 11.9 Å². The van der Waals surface area contributed by atoms with Crippen LogP contribution in [0.1, 0.15) is 25.7 Å². The lowest BCUT2D eigenvalue weighted by Gasteiger charge is -2.03. The number of unbranched alkanes of at least 4 members (excludes halogenated alkanes) is 2. The zero-order valence-corrected chi connectivity index (χ0v) is 10.0. The number of allylic oxidation sites excluding steroid dienone is 1. The zero-order chi connectivity index (χ0) is 13.2. The number of hydrogen-bond donors (Lipinski definition) is 1. The second-order valence-corrected chi connectivity index (χ2v) is 3.77. The largest absolute Gasteiger partial charge is 0.478 e. The van der Waals surface area contributed by atoms with Crippen LogP contribution in [-0.2, 0) is 9.59 Å². The molecule has 0 radical (unpaired) electrons. The number of carboxylic acid groups (broad SMARTS) is 1. The Kier molecular flexibility index (Phi) is 6.25. The fourth-order valence-electron chi connectivity index (χ4n) is 1.39. The molecule has 0 aliphatic rings. The van der Waals surface area contributed by atoms with Gasteiger partial charge in [-0.15, -0.1) is 0 Å². The van der Waals surface area contributed by atoms with Crippen LogP contribution in [0.2, 0.25) is 0 Å². The van der Waals surface area contributed by atoms with Crippen molar-refractivity contribution in [3.8, 4) is 5.75 Å². The smallest absolute Gasteiger partial charge is 0.327 e. The predicted octanol–water partition coefficient (Wildman–Crippen LogP) is 2.79. The fraction of sp³-hybridized carbons (Fsp3) is 0.286. The van der Waals surface area contributed by atoms with Crippen LogP contribution >= 0.6 is 0 Å². The number of esters is 1. The Morgan fingerprint density at radius 1 is 1.17 bits per heavy atom. The van der Waals surface area contributed by atoms with Gasteiger partial charge in [-0.1, -0.05) is 24.3 Å². The molecule has 0 aromatic heterocycles. The highest BCUT2D eigenvalue weighted by molar-refractivity contribution is 5.79. The molecule has 0 saturated heterocycles. The van der Waals surface area contributed by atoms with Gasteiger partial charge in [0.15, 0.2) is 0 Å². The summed E-state index contributed by atoms with van der Waals surface area (Å²) in [6.45, 7) is 0. The zero-order valence-electron chi connectivity index (χ0n) is 10.0. The third kappa shape index (κ3) is 6.48. The number of rotatable bonds is 7. The van der Waals surface area contributed by atoms with Crippen molar-refractivity contribution >= 4 is 11.9 Å². The highest BCUT2D eigenvalue weighted by Gasteiger charge is 2.03. The minimum absolute atomic E-state index is 0.261. The van der Waals surface area contributed by atoms with E-state index in [1.54, 1.807) is 30.3 Å². The van der Waals surface area contributed by atoms with Crippen LogP contribution in [-0.4, -0.2) is 17.0 Å². The number of para-hydroxylation sites is 1. The molecule has 18 heavy (non-hydrogen) atoms. The van der Waals surface area contributed by atoms with Crippen LogP contribution in [0.25, 0.3) is 0 Å². The summed E-state index contributed by atoms with van der Waals surface area (Å²) in [5, 5.41) is 8.36. The van der Waals surface area contributed by atoms with Crippen molar-refractivity contribution in [1.82, 2.24) is 0 Å². The Bertz CT molecular complexity index is 409. The summed E-state index contributed by atoms with van der Waals surface area (Å²) in [6.07, 6.45) is 5.16. The molecule has 0 aliphatic heterocycles. The summed E-state index contributed by atoms with van der Waals surface area (Å²) in [4.78, 5) is 21.6. The van der Waals surface area contributed by atoms with Gasteiger partial charge in [-0.3, -0.25) is 4.79 Å². The van der Waals surface area contributed by atoms with E-state index in [9.17, 15) is 9.59 Å². The highest BCUT2D eigenvalue weighted by atomic mass is 16.5. The van der Waals surface area contributed by atoms with E-state index in [2.05, 4.69) is 0 Å². The van der Waals surface area contributed by atoms with Crippen molar-refractivity contribution in [2.45, 2.75) is 25.7 Å². The van der Waals surface area contributed by atoms with Gasteiger partial charge in [0.25, 0.3) is 0 Å². The van der Waals surface area contributed by atoms with Crippen molar-refractivity contribution in [1.29, 1.82) is 0 Å². The molecule has 1 aromatic rings. The highest BCUT2D eigenvalue weighted by Crippen LogP contribution is 2.10. The molecule has 0 aliphatic carbocycles. The number of carbonyl (C=O) groups is 2. The lowest BCUT2D eigenvalue weighted by atomic mass is 10.2. The number of benzene rings is 1. The molecule has 0 spiro atoms. The molecule has 1 aromatic carbocycles. The third-order valence-electron chi connectivity index (χ3n) is 2.24. The normalized spacial score (nSPS) is 10.4. The summed E-state index contributed by atoms with van der Waals surface area (Å²) in [6, 6.07) is 8.92. The molecule has 4 heteroatoms. The summed E-state index contributed by atoms with van der Waals surface area (Å²) in [5.41, 5.74) is 0. The number of ether oxygens (including phenoxy) is 1. The number of carbonyl (C=O) groups excluding carboxylic acids is 1. The second-order valence-electron chi connectivity index (χ2n) is 3.77. The lowest BCUT2D eigenvalue weighted by molar-refractivity contribution is -0.134. The Balaban J connectivity index is 2.13. The number of carboxylic acids is 1. The quantitative estimate of drug-likeness (QED) is 0.349. The Labute approximate surface area is 106 Å².